The van der Waals surface area contributed by atoms with Gasteiger partial charge in [-0.05, 0) is 6.07 Å². The van der Waals surface area contributed by atoms with Crippen LogP contribution in [0.5, 0.6) is 0 Å². The van der Waals surface area contributed by atoms with Gasteiger partial charge in [0, 0.05) is 18.9 Å². The van der Waals surface area contributed by atoms with Gasteiger partial charge < -0.3 is 18.1 Å². The van der Waals surface area contributed by atoms with Crippen molar-refractivity contribution >= 4 is 5.91 Å². The lowest BCUT2D eigenvalue weighted by molar-refractivity contribution is -0.700. The molecule has 2 N–H and O–H groups in total. The van der Waals surface area contributed by atoms with Crippen LogP contribution in [0.15, 0.2) is 24.5 Å². The third-order valence-corrected chi connectivity index (χ3v) is 2.08. The molecule has 1 aliphatic rings. The summed E-state index contributed by atoms with van der Waals surface area (Å²) in [5.74, 6) is -0.356. The third-order valence-electron chi connectivity index (χ3n) is 2.08. The first-order valence-corrected chi connectivity index (χ1v) is 4.08. The minimum absolute atomic E-state index is 0. The Morgan fingerprint density at radius 1 is 1.54 bits per heavy atom. The Hall–Kier alpha value is -1.09. The summed E-state index contributed by atoms with van der Waals surface area (Å²) >= 11 is 0. The predicted molar refractivity (Wildman–Crippen MR) is 43.4 cm³/mol. The first-order valence-electron chi connectivity index (χ1n) is 4.08. The van der Waals surface area contributed by atoms with Gasteiger partial charge in [-0.2, -0.15) is 0 Å². The topological polar surface area (TPSA) is 47.0 Å². The molecule has 70 valence electrons. The highest BCUT2D eigenvalue weighted by atomic mass is 35.5. The van der Waals surface area contributed by atoms with Crippen LogP contribution < -0.4 is 22.7 Å². The van der Waals surface area contributed by atoms with Gasteiger partial charge in [0.1, 0.15) is 5.56 Å². The van der Waals surface area contributed by atoms with Crippen molar-refractivity contribution in [1.29, 1.82) is 0 Å². The number of halogens is 1. The Labute approximate surface area is 83.0 Å². The van der Waals surface area contributed by atoms with E-state index in [0.29, 0.717) is 11.6 Å². The van der Waals surface area contributed by atoms with E-state index in [9.17, 15) is 4.79 Å². The van der Waals surface area contributed by atoms with Crippen LogP contribution in [-0.4, -0.2) is 5.91 Å². The summed E-state index contributed by atoms with van der Waals surface area (Å²) in [6.45, 7) is 0. The lowest BCUT2D eigenvalue weighted by Crippen LogP contribution is -3.00. The normalized spacial score (nSPS) is 14.8. The SMILES string of the molecule is NC(=O)c1ccc[n+](C2CC2)c1.[Cl-]. The van der Waals surface area contributed by atoms with Crippen molar-refractivity contribution in [2.24, 2.45) is 5.73 Å². The van der Waals surface area contributed by atoms with Crippen LogP contribution in [0.2, 0.25) is 0 Å². The van der Waals surface area contributed by atoms with Gasteiger partial charge in [0.25, 0.3) is 5.91 Å². The lowest BCUT2D eigenvalue weighted by Gasteiger charge is -1.94. The van der Waals surface area contributed by atoms with Crippen LogP contribution in [0, 0.1) is 0 Å². The first-order chi connectivity index (χ1) is 5.77. The summed E-state index contributed by atoms with van der Waals surface area (Å²) in [6.07, 6.45) is 6.23. The molecule has 1 saturated carbocycles. The molecule has 0 bridgehead atoms. The zero-order valence-corrected chi connectivity index (χ0v) is 7.87. The number of rotatable bonds is 2. The average Bonchev–Trinajstić information content (AvgIpc) is 2.87. The maximum absolute atomic E-state index is 10.8. The van der Waals surface area contributed by atoms with Gasteiger partial charge in [-0.1, -0.05) is 0 Å². The number of carbonyl (C=O) groups is 1. The number of primary amides is 1. The van der Waals surface area contributed by atoms with Gasteiger partial charge in [-0.15, -0.1) is 0 Å². The quantitative estimate of drug-likeness (QED) is 0.521. The molecule has 0 atom stereocenters. The minimum atomic E-state index is -0.356. The second kappa shape index (κ2) is 3.75. The number of amides is 1. The van der Waals surface area contributed by atoms with Crippen LogP contribution in [0.1, 0.15) is 29.2 Å². The van der Waals surface area contributed by atoms with E-state index < -0.39 is 0 Å². The van der Waals surface area contributed by atoms with Gasteiger partial charge in [0.2, 0.25) is 0 Å². The van der Waals surface area contributed by atoms with Crippen molar-refractivity contribution in [1.82, 2.24) is 0 Å². The summed E-state index contributed by atoms with van der Waals surface area (Å²) in [5.41, 5.74) is 5.74. The van der Waals surface area contributed by atoms with Gasteiger partial charge in [-0.3, -0.25) is 4.79 Å². The molecule has 0 aromatic carbocycles. The number of nitrogens with zero attached hydrogens (tertiary/aromatic N) is 1. The standard InChI is InChI=1S/C9H10N2O.ClH/c10-9(12)7-2-1-5-11(6-7)8-3-4-8;/h1-2,5-6,8H,3-4H2,(H-,10,12);1H. The van der Waals surface area contributed by atoms with Crippen LogP contribution in [0.25, 0.3) is 0 Å². The molecule has 1 aromatic rings. The lowest BCUT2D eigenvalue weighted by atomic mass is 10.3. The molecule has 0 unspecified atom stereocenters. The summed E-state index contributed by atoms with van der Waals surface area (Å²) in [4.78, 5) is 10.8. The highest BCUT2D eigenvalue weighted by molar-refractivity contribution is 5.92. The Balaban J connectivity index is 0.000000845. The van der Waals surface area contributed by atoms with Gasteiger partial charge in [0.05, 0.1) is 0 Å². The number of hydrogen-bond donors (Lipinski definition) is 1. The van der Waals surface area contributed by atoms with E-state index in [2.05, 4.69) is 4.57 Å². The molecule has 4 heteroatoms. The fraction of sp³-hybridized carbons (Fsp3) is 0.333. The molecule has 3 nitrogen and oxygen atoms in total. The molecule has 2 rings (SSSR count). The first kappa shape index (κ1) is 9.99. The van der Waals surface area contributed by atoms with E-state index in [0.717, 1.165) is 0 Å². The Kier molecular flexibility index (Phi) is 2.88. The highest BCUT2D eigenvalue weighted by Gasteiger charge is 2.31. The molecule has 13 heavy (non-hydrogen) atoms. The van der Waals surface area contributed by atoms with Crippen molar-refractivity contribution < 1.29 is 21.8 Å². The largest absolute Gasteiger partial charge is 1.00 e. The predicted octanol–water partition coefficient (Wildman–Crippen LogP) is -2.59. The molecule has 0 spiro atoms. The van der Waals surface area contributed by atoms with Gasteiger partial charge >= 0.3 is 0 Å². The summed E-state index contributed by atoms with van der Waals surface area (Å²) in [7, 11) is 0. The second-order valence-electron chi connectivity index (χ2n) is 3.14. The number of aromatic nitrogens is 1. The molecule has 1 aliphatic carbocycles. The third kappa shape index (κ3) is 2.18. The van der Waals surface area contributed by atoms with E-state index in [-0.39, 0.29) is 18.3 Å². The molecule has 1 heterocycles. The van der Waals surface area contributed by atoms with Crippen molar-refractivity contribution in [2.75, 3.05) is 0 Å². The van der Waals surface area contributed by atoms with E-state index in [1.54, 1.807) is 6.07 Å². The van der Waals surface area contributed by atoms with E-state index in [1.165, 1.54) is 12.8 Å². The molecule has 0 aliphatic heterocycles. The van der Waals surface area contributed by atoms with Gasteiger partial charge in [-0.25, -0.2) is 4.57 Å². The summed E-state index contributed by atoms with van der Waals surface area (Å²) in [5, 5.41) is 0. The summed E-state index contributed by atoms with van der Waals surface area (Å²) < 4.78 is 2.06. The number of nitrogens with two attached hydrogens (primary N) is 1. The van der Waals surface area contributed by atoms with Crippen LogP contribution >= 0.6 is 0 Å². The Bertz CT molecular complexity index is 323. The van der Waals surface area contributed by atoms with E-state index in [1.807, 2.05) is 18.5 Å². The number of pyridine rings is 1. The maximum Gasteiger partial charge on any atom is 0.254 e. The average molecular weight is 199 g/mol. The molecule has 1 aromatic heterocycles. The van der Waals surface area contributed by atoms with Crippen molar-refractivity contribution in [3.05, 3.63) is 30.1 Å². The molecule has 1 amide bonds. The fourth-order valence-electron chi connectivity index (χ4n) is 1.24. The van der Waals surface area contributed by atoms with Crippen molar-refractivity contribution in [3.63, 3.8) is 0 Å². The van der Waals surface area contributed by atoms with Crippen LogP contribution in [0.4, 0.5) is 0 Å². The van der Waals surface area contributed by atoms with Crippen molar-refractivity contribution in [3.8, 4) is 0 Å². The van der Waals surface area contributed by atoms with Crippen LogP contribution in [0.3, 0.4) is 0 Å². The summed E-state index contributed by atoms with van der Waals surface area (Å²) in [6, 6.07) is 4.20. The molecular formula is C9H11ClN2O. The zero-order chi connectivity index (χ0) is 8.55. The molecule has 1 fully saturated rings. The Morgan fingerprint density at radius 2 is 2.23 bits per heavy atom. The zero-order valence-electron chi connectivity index (χ0n) is 7.11. The highest BCUT2D eigenvalue weighted by Crippen LogP contribution is 2.28. The fourth-order valence-corrected chi connectivity index (χ4v) is 1.24. The Morgan fingerprint density at radius 3 is 2.77 bits per heavy atom. The van der Waals surface area contributed by atoms with Crippen LogP contribution in [-0.2, 0) is 0 Å². The molecule has 0 radical (unpaired) electrons. The number of carbonyl (C=O) groups excluding carboxylic acids is 1. The van der Waals surface area contributed by atoms with Crippen molar-refractivity contribution in [2.45, 2.75) is 18.9 Å². The molecular weight excluding hydrogens is 188 g/mol. The minimum Gasteiger partial charge on any atom is -1.00 e. The maximum atomic E-state index is 10.8. The monoisotopic (exact) mass is 198 g/mol. The van der Waals surface area contributed by atoms with E-state index in [4.69, 9.17) is 5.73 Å². The van der Waals surface area contributed by atoms with Gasteiger partial charge in [0.15, 0.2) is 18.4 Å². The second-order valence-corrected chi connectivity index (χ2v) is 3.14. The smallest absolute Gasteiger partial charge is 0.254 e. The molecule has 0 saturated heterocycles. The van der Waals surface area contributed by atoms with E-state index >= 15 is 0 Å². The number of hydrogen-bond acceptors (Lipinski definition) is 1.